The van der Waals surface area contributed by atoms with E-state index in [0.29, 0.717) is 18.8 Å². The lowest BCUT2D eigenvalue weighted by Crippen LogP contribution is -2.41. The van der Waals surface area contributed by atoms with E-state index in [-0.39, 0.29) is 17.3 Å². The molecule has 2 aromatic rings. The highest BCUT2D eigenvalue weighted by atomic mass is 35.5. The second-order valence-corrected chi connectivity index (χ2v) is 6.52. The molecule has 1 aromatic heterocycles. The van der Waals surface area contributed by atoms with Crippen LogP contribution in [0.15, 0.2) is 30.3 Å². The van der Waals surface area contributed by atoms with Crippen LogP contribution >= 0.6 is 11.6 Å². The van der Waals surface area contributed by atoms with Crippen molar-refractivity contribution in [2.75, 3.05) is 13.1 Å². The van der Waals surface area contributed by atoms with Crippen molar-refractivity contribution in [2.45, 2.75) is 26.5 Å². The summed E-state index contributed by atoms with van der Waals surface area (Å²) in [6.45, 7) is 4.08. The minimum absolute atomic E-state index is 0.109. The van der Waals surface area contributed by atoms with Crippen molar-refractivity contribution in [3.05, 3.63) is 52.3 Å². The van der Waals surface area contributed by atoms with Gasteiger partial charge in [-0.15, -0.1) is 0 Å². The monoisotopic (exact) mass is 390 g/mol. The maximum absolute atomic E-state index is 12.5. The molecule has 3 rings (SSSR count). The summed E-state index contributed by atoms with van der Waals surface area (Å²) in [6, 6.07) is 9.06. The molecule has 0 aliphatic carbocycles. The van der Waals surface area contributed by atoms with Crippen LogP contribution < -0.4 is 5.32 Å². The van der Waals surface area contributed by atoms with Gasteiger partial charge in [-0.2, -0.15) is 5.10 Å². The van der Waals surface area contributed by atoms with Gasteiger partial charge < -0.3 is 10.1 Å². The summed E-state index contributed by atoms with van der Waals surface area (Å²) in [5.74, 6) is -1.33. The summed E-state index contributed by atoms with van der Waals surface area (Å²) in [7, 11) is 0. The fraction of sp³-hybridized carbons (Fsp3) is 0.333. The van der Waals surface area contributed by atoms with Gasteiger partial charge in [0.1, 0.15) is 10.7 Å². The van der Waals surface area contributed by atoms with E-state index >= 15 is 0 Å². The summed E-state index contributed by atoms with van der Waals surface area (Å²) in [4.78, 5) is 37.4. The number of esters is 1. The molecule has 1 N–H and O–H groups in total. The number of nitrogens with one attached hydrogen (secondary N) is 1. The van der Waals surface area contributed by atoms with Crippen LogP contribution in [0.4, 0.5) is 4.79 Å². The van der Waals surface area contributed by atoms with Crippen molar-refractivity contribution in [3.63, 3.8) is 0 Å². The number of ether oxygens (including phenoxy) is 1. The zero-order valence-electron chi connectivity index (χ0n) is 14.9. The molecule has 1 atom stereocenters. The number of amides is 3. The van der Waals surface area contributed by atoms with Crippen molar-refractivity contribution in [2.24, 2.45) is 0 Å². The fourth-order valence-corrected chi connectivity index (χ4v) is 3.13. The van der Waals surface area contributed by atoms with Gasteiger partial charge in [0.15, 0.2) is 6.10 Å². The Morgan fingerprint density at radius 2 is 2.04 bits per heavy atom. The highest BCUT2D eigenvalue weighted by molar-refractivity contribution is 6.32. The number of hydrogen-bond acceptors (Lipinski definition) is 5. The highest BCUT2D eigenvalue weighted by Gasteiger charge is 2.33. The Bertz CT molecular complexity index is 881. The molecule has 142 valence electrons. The number of halogens is 1. The lowest BCUT2D eigenvalue weighted by Gasteiger charge is -2.18. The third-order valence-corrected chi connectivity index (χ3v) is 4.58. The van der Waals surface area contributed by atoms with Crippen molar-refractivity contribution in [1.82, 2.24) is 20.0 Å². The maximum Gasteiger partial charge on any atom is 0.343 e. The van der Waals surface area contributed by atoms with Crippen molar-refractivity contribution >= 4 is 29.5 Å². The Balaban J connectivity index is 1.73. The average Bonchev–Trinajstić information content (AvgIpc) is 3.18. The molecule has 0 unspecified atom stereocenters. The molecule has 2 heterocycles. The molecule has 1 saturated heterocycles. The van der Waals surface area contributed by atoms with Crippen LogP contribution in [0.5, 0.6) is 0 Å². The molecule has 0 spiro atoms. The van der Waals surface area contributed by atoms with Gasteiger partial charge in [0.2, 0.25) is 0 Å². The number of hydrogen-bond donors (Lipinski definition) is 1. The number of nitrogens with zero attached hydrogens (tertiary/aromatic N) is 3. The summed E-state index contributed by atoms with van der Waals surface area (Å²) < 4.78 is 6.74. The summed E-state index contributed by atoms with van der Waals surface area (Å²) in [5.41, 5.74) is 1.49. The minimum atomic E-state index is -1.12. The first kappa shape index (κ1) is 18.9. The van der Waals surface area contributed by atoms with Crippen molar-refractivity contribution in [1.29, 1.82) is 0 Å². The van der Waals surface area contributed by atoms with Gasteiger partial charge >= 0.3 is 12.0 Å². The number of aryl methyl sites for hydroxylation is 1. The van der Waals surface area contributed by atoms with Crippen LogP contribution in [-0.2, 0) is 16.1 Å². The zero-order valence-corrected chi connectivity index (χ0v) is 15.7. The van der Waals surface area contributed by atoms with E-state index < -0.39 is 24.0 Å². The fourth-order valence-electron chi connectivity index (χ4n) is 2.82. The lowest BCUT2D eigenvalue weighted by atomic mass is 10.2. The van der Waals surface area contributed by atoms with Gasteiger partial charge in [0.05, 0.1) is 12.2 Å². The van der Waals surface area contributed by atoms with E-state index in [4.69, 9.17) is 16.3 Å². The molecule has 1 aliphatic heterocycles. The Hall–Kier alpha value is -2.87. The van der Waals surface area contributed by atoms with Gasteiger partial charge in [0.25, 0.3) is 5.91 Å². The standard InChI is InChI=1S/C18H19ClN4O4/c1-11-14(15(19)23(21-11)10-13-6-4-3-5-7-13)17(25)27-12(2)16(24)22-9-8-20-18(22)26/h3-7,12H,8-10H2,1-2H3,(H,20,26)/t12-/m0/s1. The molecular weight excluding hydrogens is 372 g/mol. The van der Waals surface area contributed by atoms with Gasteiger partial charge in [-0.3, -0.25) is 9.69 Å². The molecule has 8 nitrogen and oxygen atoms in total. The molecule has 1 fully saturated rings. The predicted octanol–water partition coefficient (Wildman–Crippen LogP) is 1.99. The van der Waals surface area contributed by atoms with Crippen LogP contribution in [0.25, 0.3) is 0 Å². The number of carbonyl (C=O) groups is 3. The number of imide groups is 1. The van der Waals surface area contributed by atoms with E-state index in [1.54, 1.807) is 6.92 Å². The van der Waals surface area contributed by atoms with Crippen molar-refractivity contribution < 1.29 is 19.1 Å². The van der Waals surface area contributed by atoms with Gasteiger partial charge in [0, 0.05) is 13.1 Å². The topological polar surface area (TPSA) is 93.5 Å². The van der Waals surface area contributed by atoms with Crippen LogP contribution in [0.2, 0.25) is 5.15 Å². The second-order valence-electron chi connectivity index (χ2n) is 6.16. The summed E-state index contributed by atoms with van der Waals surface area (Å²) >= 11 is 6.33. The minimum Gasteiger partial charge on any atom is -0.449 e. The normalized spacial score (nSPS) is 14.8. The predicted molar refractivity (Wildman–Crippen MR) is 97.5 cm³/mol. The smallest absolute Gasteiger partial charge is 0.343 e. The Labute approximate surface area is 161 Å². The maximum atomic E-state index is 12.5. The molecule has 27 heavy (non-hydrogen) atoms. The second kappa shape index (κ2) is 7.79. The molecule has 1 aromatic carbocycles. The number of rotatable bonds is 5. The summed E-state index contributed by atoms with van der Waals surface area (Å²) in [5, 5.41) is 6.96. The Morgan fingerprint density at radius 3 is 2.67 bits per heavy atom. The Morgan fingerprint density at radius 1 is 1.33 bits per heavy atom. The molecular formula is C18H19ClN4O4. The first-order valence-electron chi connectivity index (χ1n) is 8.45. The van der Waals surface area contributed by atoms with Crippen molar-refractivity contribution in [3.8, 4) is 0 Å². The number of carbonyl (C=O) groups excluding carboxylic acids is 3. The number of urea groups is 1. The Kier molecular flexibility index (Phi) is 5.46. The van der Waals surface area contributed by atoms with Gasteiger partial charge in [-0.1, -0.05) is 41.9 Å². The molecule has 3 amide bonds. The molecule has 9 heteroatoms. The highest BCUT2D eigenvalue weighted by Crippen LogP contribution is 2.22. The van der Waals surface area contributed by atoms with E-state index in [0.717, 1.165) is 10.5 Å². The first-order valence-corrected chi connectivity index (χ1v) is 8.83. The quantitative estimate of drug-likeness (QED) is 0.788. The lowest BCUT2D eigenvalue weighted by molar-refractivity contribution is -0.136. The van der Waals surface area contributed by atoms with E-state index in [1.807, 2.05) is 30.3 Å². The molecule has 0 radical (unpaired) electrons. The molecule has 1 aliphatic rings. The van der Waals surface area contributed by atoms with Gasteiger partial charge in [-0.05, 0) is 19.4 Å². The third kappa shape index (κ3) is 3.95. The zero-order chi connectivity index (χ0) is 19.6. The van der Waals surface area contributed by atoms with E-state index in [2.05, 4.69) is 10.4 Å². The van der Waals surface area contributed by atoms with E-state index in [1.165, 1.54) is 11.6 Å². The number of benzene rings is 1. The molecule has 0 bridgehead atoms. The molecule has 0 saturated carbocycles. The van der Waals surface area contributed by atoms with Crippen LogP contribution in [0.1, 0.15) is 28.5 Å². The van der Waals surface area contributed by atoms with Crippen LogP contribution in [0.3, 0.4) is 0 Å². The van der Waals surface area contributed by atoms with E-state index in [9.17, 15) is 14.4 Å². The third-order valence-electron chi connectivity index (χ3n) is 4.20. The summed E-state index contributed by atoms with van der Waals surface area (Å²) in [6.07, 6.45) is -1.12. The number of aromatic nitrogens is 2. The SMILES string of the molecule is Cc1nn(Cc2ccccc2)c(Cl)c1C(=O)O[C@@H](C)C(=O)N1CCNC1=O. The first-order chi connectivity index (χ1) is 12.9. The average molecular weight is 391 g/mol. The largest absolute Gasteiger partial charge is 0.449 e. The van der Waals surface area contributed by atoms with Gasteiger partial charge in [-0.25, -0.2) is 14.3 Å². The van der Waals surface area contributed by atoms with Crippen LogP contribution in [0, 0.1) is 6.92 Å². The van der Waals surface area contributed by atoms with Crippen LogP contribution in [-0.4, -0.2) is 51.8 Å².